The minimum absolute atomic E-state index is 0.263. The van der Waals surface area contributed by atoms with E-state index in [2.05, 4.69) is 16.1 Å². The molecule has 1 unspecified atom stereocenters. The Hall–Kier alpha value is -2.18. The molecule has 0 fully saturated rings. The molecule has 0 aliphatic heterocycles. The number of nitrogens with zero attached hydrogens (tertiary/aromatic N) is 2. The Kier molecular flexibility index (Phi) is 3.64. The Labute approximate surface area is 111 Å². The Bertz CT molecular complexity index is 690. The van der Waals surface area contributed by atoms with Crippen LogP contribution >= 0.6 is 0 Å². The Morgan fingerprint density at radius 1 is 0.947 bits per heavy atom. The smallest absolute Gasteiger partial charge is 0.104 e. The number of azo groups is 1. The van der Waals surface area contributed by atoms with Crippen LogP contribution in [0.1, 0.15) is 0 Å². The van der Waals surface area contributed by atoms with E-state index in [4.69, 9.17) is 5.73 Å². The lowest BCUT2D eigenvalue weighted by Gasteiger charge is -2.00. The minimum atomic E-state index is -3.18. The van der Waals surface area contributed by atoms with Crippen LogP contribution in [0.3, 0.4) is 0 Å². The molecule has 0 heterocycles. The van der Waals surface area contributed by atoms with Gasteiger partial charge >= 0.3 is 0 Å². The van der Waals surface area contributed by atoms with Crippen molar-refractivity contribution in [2.24, 2.45) is 10.2 Å². The second-order valence-corrected chi connectivity index (χ2v) is 5.68. The van der Waals surface area contributed by atoms with Gasteiger partial charge in [-0.3, -0.25) is 0 Å². The molecular weight excluding hydrogens is 262 g/mol. The van der Waals surface area contributed by atoms with Gasteiger partial charge in [0, 0.05) is 5.69 Å². The number of nitrogen functional groups attached to an aromatic ring is 1. The molecule has 1 atom stereocenters. The average Bonchev–Trinajstić information content (AvgIpc) is 2.37. The quantitative estimate of drug-likeness (QED) is 0.512. The first-order valence-corrected chi connectivity index (χ1v) is 7.10. The van der Waals surface area contributed by atoms with Crippen molar-refractivity contribution in [2.75, 3.05) is 5.73 Å². The first kappa shape index (κ1) is 13.3. The third-order valence-corrected chi connectivity index (χ3v) is 3.39. The van der Waals surface area contributed by atoms with E-state index >= 15 is 0 Å². The summed E-state index contributed by atoms with van der Waals surface area (Å²) in [5.74, 6) is 3.19. The maximum atomic E-state index is 11.3. The SMILES string of the molecule is C=S(=O)(O)c1ccc(/N=N/c2ccc(N)cc2)cc1. The van der Waals surface area contributed by atoms with Crippen LogP contribution in [0.25, 0.3) is 0 Å². The van der Waals surface area contributed by atoms with Crippen molar-refractivity contribution in [3.8, 4) is 0 Å². The van der Waals surface area contributed by atoms with Crippen LogP contribution in [0.2, 0.25) is 0 Å². The Morgan fingerprint density at radius 2 is 1.37 bits per heavy atom. The molecule has 0 radical (unpaired) electrons. The minimum Gasteiger partial charge on any atom is -0.399 e. The molecule has 2 aromatic carbocycles. The zero-order valence-corrected chi connectivity index (χ0v) is 10.9. The summed E-state index contributed by atoms with van der Waals surface area (Å²) < 4.78 is 20.6. The van der Waals surface area contributed by atoms with Gasteiger partial charge in [-0.15, -0.1) is 0 Å². The molecule has 0 saturated heterocycles. The molecule has 19 heavy (non-hydrogen) atoms. The summed E-state index contributed by atoms with van der Waals surface area (Å²) in [6, 6.07) is 13.2. The summed E-state index contributed by atoms with van der Waals surface area (Å²) >= 11 is 0. The summed E-state index contributed by atoms with van der Waals surface area (Å²) in [6.07, 6.45) is 0. The molecule has 2 rings (SSSR count). The Balaban J connectivity index is 2.18. The normalized spacial score (nSPS) is 14.4. The molecule has 0 aromatic heterocycles. The molecule has 5 nitrogen and oxygen atoms in total. The fraction of sp³-hybridized carbons (Fsp3) is 0. The van der Waals surface area contributed by atoms with E-state index in [-0.39, 0.29) is 4.90 Å². The van der Waals surface area contributed by atoms with E-state index in [0.29, 0.717) is 17.1 Å². The average molecular weight is 275 g/mol. The van der Waals surface area contributed by atoms with Crippen molar-refractivity contribution in [2.45, 2.75) is 4.90 Å². The topological polar surface area (TPSA) is 88.0 Å². The van der Waals surface area contributed by atoms with Crippen molar-refractivity contribution >= 4 is 32.7 Å². The zero-order valence-electron chi connectivity index (χ0n) is 10.1. The first-order valence-electron chi connectivity index (χ1n) is 5.42. The van der Waals surface area contributed by atoms with Crippen LogP contribution in [0, 0.1) is 0 Å². The van der Waals surface area contributed by atoms with Crippen LogP contribution in [0.4, 0.5) is 17.1 Å². The van der Waals surface area contributed by atoms with Crippen LogP contribution in [-0.4, -0.2) is 14.6 Å². The number of hydrogen-bond donors (Lipinski definition) is 2. The highest BCUT2D eigenvalue weighted by Crippen LogP contribution is 2.20. The third-order valence-electron chi connectivity index (χ3n) is 2.38. The van der Waals surface area contributed by atoms with Crippen molar-refractivity contribution < 1.29 is 8.76 Å². The maximum absolute atomic E-state index is 11.3. The van der Waals surface area contributed by atoms with Gasteiger partial charge in [-0.05, 0) is 54.4 Å². The van der Waals surface area contributed by atoms with Crippen molar-refractivity contribution in [3.63, 3.8) is 0 Å². The number of rotatable bonds is 3. The molecule has 0 amide bonds. The van der Waals surface area contributed by atoms with Gasteiger partial charge in [0.05, 0.1) is 16.3 Å². The first-order chi connectivity index (χ1) is 8.95. The number of benzene rings is 2. The lowest BCUT2D eigenvalue weighted by molar-refractivity contribution is 0.560. The van der Waals surface area contributed by atoms with E-state index in [0.717, 1.165) is 0 Å². The van der Waals surface area contributed by atoms with Gasteiger partial charge in [-0.1, -0.05) is 0 Å². The molecule has 0 bridgehead atoms. The molecule has 3 N–H and O–H groups in total. The van der Waals surface area contributed by atoms with Gasteiger partial charge in [0.1, 0.15) is 9.80 Å². The zero-order chi connectivity index (χ0) is 13.9. The number of anilines is 1. The van der Waals surface area contributed by atoms with E-state index in [1.807, 2.05) is 0 Å². The fourth-order valence-corrected chi connectivity index (χ4v) is 1.94. The fourth-order valence-electron chi connectivity index (χ4n) is 1.38. The standard InChI is InChI=1S/C13H13N3O2S/c1-19(17,18)13-8-6-12(7-9-13)16-15-11-4-2-10(14)3-5-11/h2-9H,1,14H2,(H,17,18)/b16-15+. The highest BCUT2D eigenvalue weighted by atomic mass is 32.2. The summed E-state index contributed by atoms with van der Waals surface area (Å²) in [5, 5.41) is 8.05. The maximum Gasteiger partial charge on any atom is 0.104 e. The summed E-state index contributed by atoms with van der Waals surface area (Å²) in [4.78, 5) is 0.263. The van der Waals surface area contributed by atoms with Crippen molar-refractivity contribution in [1.82, 2.24) is 0 Å². The largest absolute Gasteiger partial charge is 0.399 e. The number of nitrogens with two attached hydrogens (primary N) is 1. The summed E-state index contributed by atoms with van der Waals surface area (Å²) in [5.41, 5.74) is 7.49. The van der Waals surface area contributed by atoms with Gasteiger partial charge < -0.3 is 10.3 Å². The lowest BCUT2D eigenvalue weighted by atomic mass is 10.3. The highest BCUT2D eigenvalue weighted by Gasteiger charge is 2.01. The molecule has 0 aliphatic rings. The second-order valence-electron chi connectivity index (χ2n) is 3.93. The summed E-state index contributed by atoms with van der Waals surface area (Å²) in [6.45, 7) is 0. The summed E-state index contributed by atoms with van der Waals surface area (Å²) in [7, 11) is -3.18. The Morgan fingerprint density at radius 3 is 1.79 bits per heavy atom. The van der Waals surface area contributed by atoms with Gasteiger partial charge in [0.15, 0.2) is 0 Å². The van der Waals surface area contributed by atoms with E-state index in [1.165, 1.54) is 12.1 Å². The molecule has 0 spiro atoms. The van der Waals surface area contributed by atoms with Crippen LogP contribution < -0.4 is 5.73 Å². The molecule has 6 heteroatoms. The van der Waals surface area contributed by atoms with Crippen molar-refractivity contribution in [1.29, 1.82) is 0 Å². The molecule has 0 aliphatic carbocycles. The highest BCUT2D eigenvalue weighted by molar-refractivity contribution is 7.95. The molecule has 2 aromatic rings. The molecular formula is C13H13N3O2S. The second kappa shape index (κ2) is 5.21. The van der Waals surface area contributed by atoms with Crippen LogP contribution in [0.5, 0.6) is 0 Å². The molecule has 0 saturated carbocycles. The van der Waals surface area contributed by atoms with Crippen molar-refractivity contribution in [3.05, 3.63) is 48.5 Å². The molecule has 98 valence electrons. The lowest BCUT2D eigenvalue weighted by Crippen LogP contribution is -1.96. The van der Waals surface area contributed by atoms with E-state index < -0.39 is 9.80 Å². The van der Waals surface area contributed by atoms with Gasteiger partial charge in [0.2, 0.25) is 0 Å². The van der Waals surface area contributed by atoms with Gasteiger partial charge in [-0.2, -0.15) is 10.2 Å². The van der Waals surface area contributed by atoms with Crippen LogP contribution in [-0.2, 0) is 9.80 Å². The third kappa shape index (κ3) is 3.64. The van der Waals surface area contributed by atoms with E-state index in [1.54, 1.807) is 36.4 Å². The number of hydrogen-bond acceptors (Lipinski definition) is 4. The monoisotopic (exact) mass is 275 g/mol. The van der Waals surface area contributed by atoms with Crippen LogP contribution in [0.15, 0.2) is 63.7 Å². The predicted molar refractivity (Wildman–Crippen MR) is 77.6 cm³/mol. The predicted octanol–water partition coefficient (Wildman–Crippen LogP) is 3.23. The van der Waals surface area contributed by atoms with E-state index in [9.17, 15) is 8.76 Å². The van der Waals surface area contributed by atoms with Gasteiger partial charge in [-0.25, -0.2) is 4.21 Å². The van der Waals surface area contributed by atoms with Gasteiger partial charge in [0.25, 0.3) is 0 Å².